The summed E-state index contributed by atoms with van der Waals surface area (Å²) in [5, 5.41) is 6.54. The van der Waals surface area contributed by atoms with E-state index in [1.807, 2.05) is 24.3 Å². The largest absolute Gasteiger partial charge is 0.439 e. The highest BCUT2D eigenvalue weighted by molar-refractivity contribution is 5.81. The van der Waals surface area contributed by atoms with Crippen LogP contribution in [0.4, 0.5) is 0 Å². The summed E-state index contributed by atoms with van der Waals surface area (Å²) in [6.07, 6.45) is 4.10. The number of carbonyl (C=O) groups excluding carboxylic acids is 1. The van der Waals surface area contributed by atoms with E-state index in [0.29, 0.717) is 18.3 Å². The number of nitrogens with zero attached hydrogens (tertiary/aromatic N) is 2. The molecule has 1 aliphatic heterocycles. The topological polar surface area (TPSA) is 117 Å². The second-order valence-electron chi connectivity index (χ2n) is 7.29. The van der Waals surface area contributed by atoms with E-state index in [2.05, 4.69) is 31.9 Å². The maximum absolute atomic E-state index is 12.2. The van der Waals surface area contributed by atoms with Crippen LogP contribution >= 0.6 is 0 Å². The Bertz CT molecular complexity index is 790. The van der Waals surface area contributed by atoms with Gasteiger partial charge < -0.3 is 16.0 Å². The molecule has 2 heterocycles. The lowest BCUT2D eigenvalue weighted by atomic mass is 9.91. The Morgan fingerprint density at radius 3 is 2.70 bits per heavy atom. The van der Waals surface area contributed by atoms with Gasteiger partial charge in [0, 0.05) is 12.1 Å². The molecule has 0 radical (unpaired) electrons. The van der Waals surface area contributed by atoms with Crippen LogP contribution < -0.4 is 16.8 Å². The molecule has 0 spiro atoms. The summed E-state index contributed by atoms with van der Waals surface area (Å²) in [5.41, 5.74) is 7.74. The third-order valence-corrected chi connectivity index (χ3v) is 5.20. The number of piperidine rings is 1. The first-order valence-corrected chi connectivity index (χ1v) is 9.38. The minimum Gasteiger partial charge on any atom is -0.351 e. The number of aromatic amines is 1. The Morgan fingerprint density at radius 1 is 1.37 bits per heavy atom. The van der Waals surface area contributed by atoms with Gasteiger partial charge in [-0.15, -0.1) is 0 Å². The molecular formula is C19H27N5O3. The molecule has 146 valence electrons. The van der Waals surface area contributed by atoms with Gasteiger partial charge in [-0.25, -0.2) is 4.79 Å². The third kappa shape index (κ3) is 5.51. The van der Waals surface area contributed by atoms with Crippen molar-refractivity contribution in [1.82, 2.24) is 20.4 Å². The van der Waals surface area contributed by atoms with Crippen molar-refractivity contribution in [1.29, 1.82) is 0 Å². The number of carbonyl (C=O) groups is 1. The highest BCUT2D eigenvalue weighted by Crippen LogP contribution is 2.21. The zero-order valence-electron chi connectivity index (χ0n) is 15.6. The van der Waals surface area contributed by atoms with Gasteiger partial charge in [-0.2, -0.15) is 0 Å². The molecule has 8 nitrogen and oxygen atoms in total. The van der Waals surface area contributed by atoms with E-state index in [9.17, 15) is 9.59 Å². The van der Waals surface area contributed by atoms with Crippen molar-refractivity contribution in [3.8, 4) is 11.4 Å². The minimum atomic E-state index is -0.587. The van der Waals surface area contributed by atoms with Crippen molar-refractivity contribution in [2.75, 3.05) is 20.1 Å². The molecular weight excluding hydrogens is 346 g/mol. The number of hydrogen-bond acceptors (Lipinski definition) is 6. The molecule has 1 aliphatic rings. The lowest BCUT2D eigenvalue weighted by Crippen LogP contribution is -2.40. The van der Waals surface area contributed by atoms with Crippen LogP contribution in [-0.2, 0) is 11.3 Å². The maximum atomic E-state index is 12.2. The van der Waals surface area contributed by atoms with E-state index in [1.165, 1.54) is 12.8 Å². The van der Waals surface area contributed by atoms with Gasteiger partial charge in [0.2, 0.25) is 5.91 Å². The number of nitrogens with two attached hydrogens (primary N) is 1. The van der Waals surface area contributed by atoms with Crippen LogP contribution in [0.3, 0.4) is 0 Å². The van der Waals surface area contributed by atoms with Crippen LogP contribution in [0.2, 0.25) is 0 Å². The van der Waals surface area contributed by atoms with Gasteiger partial charge in [-0.3, -0.25) is 14.3 Å². The number of hydrogen-bond donors (Lipinski definition) is 3. The van der Waals surface area contributed by atoms with E-state index >= 15 is 0 Å². The number of aromatic nitrogens is 2. The normalized spacial score (nSPS) is 17.0. The molecule has 3 rings (SSSR count). The summed E-state index contributed by atoms with van der Waals surface area (Å²) in [7, 11) is 2.15. The fourth-order valence-electron chi connectivity index (χ4n) is 3.35. The van der Waals surface area contributed by atoms with E-state index < -0.39 is 11.8 Å². The van der Waals surface area contributed by atoms with Crippen molar-refractivity contribution in [3.63, 3.8) is 0 Å². The second-order valence-corrected chi connectivity index (χ2v) is 7.29. The fourth-order valence-corrected chi connectivity index (χ4v) is 3.35. The quantitative estimate of drug-likeness (QED) is 0.669. The zero-order valence-corrected chi connectivity index (χ0v) is 15.6. The molecule has 2 aromatic rings. The van der Waals surface area contributed by atoms with Gasteiger partial charge in [0.1, 0.15) is 0 Å². The summed E-state index contributed by atoms with van der Waals surface area (Å²) in [6.45, 7) is 2.67. The first-order chi connectivity index (χ1) is 13.0. The molecule has 1 aromatic heterocycles. The Balaban J connectivity index is 1.42. The Labute approximate surface area is 158 Å². The molecule has 1 aromatic carbocycles. The monoisotopic (exact) mass is 373 g/mol. The molecule has 4 N–H and O–H groups in total. The first-order valence-electron chi connectivity index (χ1n) is 9.38. The number of H-pyrrole nitrogens is 1. The molecule has 0 unspecified atom stereocenters. The predicted octanol–water partition coefficient (Wildman–Crippen LogP) is 1.10. The Morgan fingerprint density at radius 2 is 2.07 bits per heavy atom. The Kier molecular flexibility index (Phi) is 6.41. The van der Waals surface area contributed by atoms with Crippen molar-refractivity contribution < 1.29 is 9.32 Å². The lowest BCUT2D eigenvalue weighted by Gasteiger charge is -2.29. The molecule has 1 saturated heterocycles. The molecule has 1 fully saturated rings. The van der Waals surface area contributed by atoms with E-state index in [-0.39, 0.29) is 5.91 Å². The molecule has 1 amide bonds. The lowest BCUT2D eigenvalue weighted by molar-refractivity contribution is -0.122. The summed E-state index contributed by atoms with van der Waals surface area (Å²) < 4.78 is 4.49. The van der Waals surface area contributed by atoms with Gasteiger partial charge in [0.25, 0.3) is 0 Å². The second kappa shape index (κ2) is 8.96. The fraction of sp³-hybridized carbons (Fsp3) is 0.526. The number of rotatable bonds is 7. The summed E-state index contributed by atoms with van der Waals surface area (Å²) in [4.78, 5) is 28.1. The van der Waals surface area contributed by atoms with Crippen molar-refractivity contribution in [2.45, 2.75) is 38.3 Å². The van der Waals surface area contributed by atoms with E-state index in [4.69, 9.17) is 5.73 Å². The standard InChI is InChI=1S/C19H27N5O3/c1-24-10-8-13(9-11-24)4-7-16(20)18(25)21-12-14-2-5-15(6-3-14)17-22-19(26)27-23-17/h2-3,5-6,13,16H,4,7-12,20H2,1H3,(H,21,25)(H,22,23,26)/t16-/m0/s1. The van der Waals surface area contributed by atoms with Crippen LogP contribution in [0.15, 0.2) is 33.6 Å². The van der Waals surface area contributed by atoms with Crippen molar-refractivity contribution in [2.24, 2.45) is 11.7 Å². The number of likely N-dealkylation sites (tertiary alicyclic amines) is 1. The highest BCUT2D eigenvalue weighted by Gasteiger charge is 2.20. The van der Waals surface area contributed by atoms with Crippen LogP contribution in [0, 0.1) is 5.92 Å². The average molecular weight is 373 g/mol. The van der Waals surface area contributed by atoms with E-state index in [1.54, 1.807) is 0 Å². The molecule has 0 saturated carbocycles. The SMILES string of the molecule is CN1CCC(CC[C@H](N)C(=O)NCc2ccc(-c3noc(=O)[nH]3)cc2)CC1. The van der Waals surface area contributed by atoms with Crippen molar-refractivity contribution >= 4 is 5.91 Å². The summed E-state index contributed by atoms with van der Waals surface area (Å²) in [5.74, 6) is 0.352. The summed E-state index contributed by atoms with van der Waals surface area (Å²) >= 11 is 0. The van der Waals surface area contributed by atoms with Gasteiger partial charge in [-0.05, 0) is 57.3 Å². The van der Waals surface area contributed by atoms with Gasteiger partial charge in [0.05, 0.1) is 6.04 Å². The van der Waals surface area contributed by atoms with Crippen LogP contribution in [0.5, 0.6) is 0 Å². The van der Waals surface area contributed by atoms with Crippen molar-refractivity contribution in [3.05, 3.63) is 40.4 Å². The molecule has 0 bridgehead atoms. The van der Waals surface area contributed by atoms with Gasteiger partial charge in [0.15, 0.2) is 5.82 Å². The number of benzene rings is 1. The predicted molar refractivity (Wildman–Crippen MR) is 102 cm³/mol. The maximum Gasteiger partial charge on any atom is 0.439 e. The minimum absolute atomic E-state index is 0.118. The van der Waals surface area contributed by atoms with Crippen LogP contribution in [0.1, 0.15) is 31.2 Å². The number of nitrogens with one attached hydrogen (secondary N) is 2. The Hall–Kier alpha value is -2.45. The molecule has 0 aliphatic carbocycles. The number of amides is 1. The highest BCUT2D eigenvalue weighted by atomic mass is 16.5. The van der Waals surface area contributed by atoms with E-state index in [0.717, 1.165) is 37.1 Å². The third-order valence-electron chi connectivity index (χ3n) is 5.20. The molecule has 1 atom stereocenters. The summed E-state index contributed by atoms with van der Waals surface area (Å²) in [6, 6.07) is 6.90. The van der Waals surface area contributed by atoms with Crippen LogP contribution in [-0.4, -0.2) is 47.1 Å². The smallest absolute Gasteiger partial charge is 0.351 e. The molecule has 8 heteroatoms. The van der Waals surface area contributed by atoms with Gasteiger partial charge >= 0.3 is 5.76 Å². The first kappa shape index (κ1) is 19.3. The van der Waals surface area contributed by atoms with Crippen LogP contribution in [0.25, 0.3) is 11.4 Å². The zero-order chi connectivity index (χ0) is 19.2. The average Bonchev–Trinajstić information content (AvgIpc) is 3.12. The molecule has 27 heavy (non-hydrogen) atoms. The van der Waals surface area contributed by atoms with Gasteiger partial charge in [-0.1, -0.05) is 29.4 Å².